The van der Waals surface area contributed by atoms with Crippen molar-refractivity contribution in [3.63, 3.8) is 0 Å². The van der Waals surface area contributed by atoms with Crippen LogP contribution in [0.3, 0.4) is 0 Å². The van der Waals surface area contributed by atoms with Crippen LogP contribution in [-0.2, 0) is 6.54 Å². The van der Waals surface area contributed by atoms with Crippen molar-refractivity contribution in [3.05, 3.63) is 39.9 Å². The van der Waals surface area contributed by atoms with Gasteiger partial charge in [0.05, 0.1) is 4.92 Å². The number of hydrogen-bond acceptors (Lipinski definition) is 5. The average molecular weight is 238 g/mol. The van der Waals surface area contributed by atoms with Crippen molar-refractivity contribution in [1.29, 1.82) is 0 Å². The van der Waals surface area contributed by atoms with Gasteiger partial charge in [-0.15, -0.1) is 0 Å². The van der Waals surface area contributed by atoms with Crippen LogP contribution in [0.4, 0.5) is 5.69 Å². The molecule has 6 nitrogen and oxygen atoms in total. The van der Waals surface area contributed by atoms with Gasteiger partial charge in [0, 0.05) is 44.4 Å². The maximum absolute atomic E-state index is 10.7. The molecule has 0 aliphatic rings. The highest BCUT2D eigenvalue weighted by atomic mass is 16.6. The van der Waals surface area contributed by atoms with E-state index in [0.29, 0.717) is 18.7 Å². The van der Waals surface area contributed by atoms with Gasteiger partial charge in [-0.1, -0.05) is 18.2 Å². The molecule has 1 rings (SSSR count). The lowest BCUT2D eigenvalue weighted by atomic mass is 10.2. The SMILES string of the molecule is NCCNCCNCc1ccccc1[N+](=O)[O-]. The molecule has 0 aliphatic carbocycles. The van der Waals surface area contributed by atoms with Gasteiger partial charge < -0.3 is 16.4 Å². The van der Waals surface area contributed by atoms with E-state index in [2.05, 4.69) is 10.6 Å². The van der Waals surface area contributed by atoms with E-state index < -0.39 is 0 Å². The van der Waals surface area contributed by atoms with Crippen molar-refractivity contribution in [2.75, 3.05) is 26.2 Å². The summed E-state index contributed by atoms with van der Waals surface area (Å²) in [4.78, 5) is 10.4. The van der Waals surface area contributed by atoms with Crippen molar-refractivity contribution in [3.8, 4) is 0 Å². The molecule has 0 atom stereocenters. The van der Waals surface area contributed by atoms with Gasteiger partial charge in [0.25, 0.3) is 5.69 Å². The first-order chi connectivity index (χ1) is 8.25. The second kappa shape index (κ2) is 7.72. The predicted molar refractivity (Wildman–Crippen MR) is 66.7 cm³/mol. The van der Waals surface area contributed by atoms with Crippen LogP contribution >= 0.6 is 0 Å². The minimum absolute atomic E-state index is 0.162. The minimum atomic E-state index is -0.357. The summed E-state index contributed by atoms with van der Waals surface area (Å²) >= 11 is 0. The van der Waals surface area contributed by atoms with Crippen molar-refractivity contribution >= 4 is 5.69 Å². The molecule has 0 fully saturated rings. The molecule has 0 amide bonds. The average Bonchev–Trinajstić information content (AvgIpc) is 2.34. The predicted octanol–water partition coefficient (Wildman–Crippen LogP) is 0.233. The van der Waals surface area contributed by atoms with Gasteiger partial charge >= 0.3 is 0 Å². The summed E-state index contributed by atoms with van der Waals surface area (Å²) in [6, 6.07) is 6.75. The van der Waals surface area contributed by atoms with E-state index in [-0.39, 0.29) is 10.6 Å². The van der Waals surface area contributed by atoms with E-state index in [1.54, 1.807) is 18.2 Å². The lowest BCUT2D eigenvalue weighted by Crippen LogP contribution is -2.30. The second-order valence-corrected chi connectivity index (χ2v) is 3.60. The highest BCUT2D eigenvalue weighted by Gasteiger charge is 2.10. The van der Waals surface area contributed by atoms with Gasteiger partial charge in [0.2, 0.25) is 0 Å². The molecule has 0 spiro atoms. The van der Waals surface area contributed by atoms with E-state index in [1.807, 2.05) is 0 Å². The quantitative estimate of drug-likeness (QED) is 0.342. The zero-order valence-corrected chi connectivity index (χ0v) is 9.69. The van der Waals surface area contributed by atoms with Crippen LogP contribution in [0, 0.1) is 10.1 Å². The van der Waals surface area contributed by atoms with E-state index in [0.717, 1.165) is 19.6 Å². The Hall–Kier alpha value is -1.50. The van der Waals surface area contributed by atoms with Gasteiger partial charge in [-0.3, -0.25) is 10.1 Å². The smallest absolute Gasteiger partial charge is 0.273 e. The van der Waals surface area contributed by atoms with Gasteiger partial charge in [-0.05, 0) is 0 Å². The summed E-state index contributed by atoms with van der Waals surface area (Å²) in [7, 11) is 0. The first-order valence-electron chi connectivity index (χ1n) is 5.59. The monoisotopic (exact) mass is 238 g/mol. The lowest BCUT2D eigenvalue weighted by molar-refractivity contribution is -0.385. The van der Waals surface area contributed by atoms with Crippen LogP contribution in [0.15, 0.2) is 24.3 Å². The van der Waals surface area contributed by atoms with E-state index in [9.17, 15) is 10.1 Å². The van der Waals surface area contributed by atoms with Crippen molar-refractivity contribution in [2.24, 2.45) is 5.73 Å². The van der Waals surface area contributed by atoms with Gasteiger partial charge in [-0.25, -0.2) is 0 Å². The van der Waals surface area contributed by atoms with Gasteiger partial charge in [0.15, 0.2) is 0 Å². The molecule has 0 unspecified atom stereocenters. The number of nitro benzene ring substituents is 1. The van der Waals surface area contributed by atoms with E-state index >= 15 is 0 Å². The third kappa shape index (κ3) is 4.90. The Balaban J connectivity index is 2.34. The molecule has 1 aromatic carbocycles. The Labute approximate surface area is 100 Å². The Morgan fingerprint density at radius 2 is 1.88 bits per heavy atom. The second-order valence-electron chi connectivity index (χ2n) is 3.60. The largest absolute Gasteiger partial charge is 0.329 e. The Bertz CT molecular complexity index is 357. The molecule has 6 heteroatoms. The van der Waals surface area contributed by atoms with Gasteiger partial charge in [0.1, 0.15) is 0 Å². The summed E-state index contributed by atoms with van der Waals surface area (Å²) in [5.41, 5.74) is 6.20. The molecular formula is C11H18N4O2. The highest BCUT2D eigenvalue weighted by Crippen LogP contribution is 2.16. The fraction of sp³-hybridized carbons (Fsp3) is 0.455. The number of benzene rings is 1. The molecule has 0 heterocycles. The summed E-state index contributed by atoms with van der Waals surface area (Å²) in [6.45, 7) is 3.46. The van der Waals surface area contributed by atoms with Crippen LogP contribution in [0.25, 0.3) is 0 Å². The van der Waals surface area contributed by atoms with Crippen LogP contribution in [-0.4, -0.2) is 31.1 Å². The topological polar surface area (TPSA) is 93.2 Å². The highest BCUT2D eigenvalue weighted by molar-refractivity contribution is 5.39. The van der Waals surface area contributed by atoms with Crippen LogP contribution in [0.1, 0.15) is 5.56 Å². The number of nitrogens with two attached hydrogens (primary N) is 1. The van der Waals surface area contributed by atoms with Crippen molar-refractivity contribution < 1.29 is 4.92 Å². The standard InChI is InChI=1S/C11H18N4O2/c12-5-6-13-7-8-14-9-10-3-1-2-4-11(10)15(16)17/h1-4,13-14H,5-9,12H2. The summed E-state index contributed by atoms with van der Waals surface area (Å²) in [6.07, 6.45) is 0. The normalized spacial score (nSPS) is 10.4. The molecule has 17 heavy (non-hydrogen) atoms. The summed E-state index contributed by atoms with van der Waals surface area (Å²) < 4.78 is 0. The van der Waals surface area contributed by atoms with Crippen molar-refractivity contribution in [2.45, 2.75) is 6.54 Å². The minimum Gasteiger partial charge on any atom is -0.329 e. The fourth-order valence-electron chi connectivity index (χ4n) is 1.47. The Kier molecular flexibility index (Phi) is 6.16. The first-order valence-corrected chi connectivity index (χ1v) is 5.59. The summed E-state index contributed by atoms with van der Waals surface area (Å²) in [5.74, 6) is 0. The third-order valence-electron chi connectivity index (χ3n) is 2.30. The fourth-order valence-corrected chi connectivity index (χ4v) is 1.47. The number of nitrogens with one attached hydrogen (secondary N) is 2. The number of nitro groups is 1. The van der Waals surface area contributed by atoms with Crippen molar-refractivity contribution in [1.82, 2.24) is 10.6 Å². The Morgan fingerprint density at radius 1 is 1.18 bits per heavy atom. The molecule has 94 valence electrons. The third-order valence-corrected chi connectivity index (χ3v) is 2.30. The maximum Gasteiger partial charge on any atom is 0.273 e. The zero-order valence-electron chi connectivity index (χ0n) is 9.69. The van der Waals surface area contributed by atoms with E-state index in [1.165, 1.54) is 6.07 Å². The molecular weight excluding hydrogens is 220 g/mol. The Morgan fingerprint density at radius 3 is 2.59 bits per heavy atom. The number of rotatable bonds is 8. The van der Waals surface area contributed by atoms with Crippen LogP contribution in [0.5, 0.6) is 0 Å². The number of para-hydroxylation sites is 1. The molecule has 4 N–H and O–H groups in total. The molecule has 1 aromatic rings. The molecule has 0 bridgehead atoms. The molecule has 0 saturated heterocycles. The first kappa shape index (κ1) is 13.6. The van der Waals surface area contributed by atoms with Crippen LogP contribution in [0.2, 0.25) is 0 Å². The number of hydrogen-bond donors (Lipinski definition) is 3. The van der Waals surface area contributed by atoms with Gasteiger partial charge in [-0.2, -0.15) is 0 Å². The number of nitrogens with zero attached hydrogens (tertiary/aromatic N) is 1. The van der Waals surface area contributed by atoms with Crippen LogP contribution < -0.4 is 16.4 Å². The molecule has 0 aliphatic heterocycles. The lowest BCUT2D eigenvalue weighted by Gasteiger charge is -2.06. The molecule has 0 aromatic heterocycles. The van der Waals surface area contributed by atoms with E-state index in [4.69, 9.17) is 5.73 Å². The molecule has 0 radical (unpaired) electrons. The summed E-state index contributed by atoms with van der Waals surface area (Å²) in [5, 5.41) is 17.0. The molecule has 0 saturated carbocycles. The zero-order chi connectivity index (χ0) is 12.5. The maximum atomic E-state index is 10.7.